The number of hydrogen-bond donors (Lipinski definition) is 2. The van der Waals surface area contributed by atoms with Gasteiger partial charge in [-0.25, -0.2) is 0 Å². The van der Waals surface area contributed by atoms with E-state index in [4.69, 9.17) is 4.74 Å². The van der Waals surface area contributed by atoms with Crippen molar-refractivity contribution in [1.82, 2.24) is 15.2 Å². The van der Waals surface area contributed by atoms with Gasteiger partial charge in [0, 0.05) is 32.0 Å². The minimum Gasteiger partial charge on any atom is -0.385 e. The SMILES string of the molecule is CCNc1ccncc1C(=O)NCCOCCN(C)C. The summed E-state index contributed by atoms with van der Waals surface area (Å²) in [4.78, 5) is 18.1. The standard InChI is InChI=1S/C14H24N4O2/c1-4-16-13-5-6-15-11-12(13)14(19)17-7-9-20-10-8-18(2)3/h5-6,11H,4,7-10H2,1-3H3,(H,15,16)(H,17,19). The van der Waals surface area contributed by atoms with E-state index in [1.54, 1.807) is 18.5 Å². The van der Waals surface area contributed by atoms with Crippen molar-refractivity contribution >= 4 is 11.6 Å². The first-order valence-corrected chi connectivity index (χ1v) is 6.83. The van der Waals surface area contributed by atoms with Gasteiger partial charge in [0.1, 0.15) is 0 Å². The number of anilines is 1. The number of rotatable bonds is 9. The number of carbonyl (C=O) groups is 1. The van der Waals surface area contributed by atoms with Crippen LogP contribution in [0.1, 0.15) is 17.3 Å². The third-order valence-corrected chi connectivity index (χ3v) is 2.65. The Morgan fingerprint density at radius 1 is 1.40 bits per heavy atom. The lowest BCUT2D eigenvalue weighted by molar-refractivity contribution is 0.0900. The van der Waals surface area contributed by atoms with Crippen LogP contribution in [0.3, 0.4) is 0 Å². The molecule has 0 aliphatic carbocycles. The van der Waals surface area contributed by atoms with Crippen molar-refractivity contribution in [3.05, 3.63) is 24.0 Å². The number of amides is 1. The van der Waals surface area contributed by atoms with E-state index in [1.807, 2.05) is 21.0 Å². The Morgan fingerprint density at radius 3 is 2.90 bits per heavy atom. The van der Waals surface area contributed by atoms with Gasteiger partial charge in [-0.2, -0.15) is 0 Å². The maximum absolute atomic E-state index is 12.0. The maximum Gasteiger partial charge on any atom is 0.255 e. The highest BCUT2D eigenvalue weighted by atomic mass is 16.5. The number of nitrogens with zero attached hydrogens (tertiary/aromatic N) is 2. The summed E-state index contributed by atoms with van der Waals surface area (Å²) in [7, 11) is 3.99. The molecule has 1 amide bonds. The molecule has 0 bridgehead atoms. The summed E-state index contributed by atoms with van der Waals surface area (Å²) in [5.41, 5.74) is 1.36. The molecule has 0 saturated carbocycles. The van der Waals surface area contributed by atoms with Crippen molar-refractivity contribution in [2.24, 2.45) is 0 Å². The van der Waals surface area contributed by atoms with Gasteiger partial charge in [0.25, 0.3) is 5.91 Å². The molecular weight excluding hydrogens is 256 g/mol. The molecule has 2 N–H and O–H groups in total. The van der Waals surface area contributed by atoms with Gasteiger partial charge in [-0.1, -0.05) is 0 Å². The van der Waals surface area contributed by atoms with Crippen molar-refractivity contribution in [3.63, 3.8) is 0 Å². The van der Waals surface area contributed by atoms with Crippen LogP contribution in [0, 0.1) is 0 Å². The van der Waals surface area contributed by atoms with Crippen molar-refractivity contribution in [1.29, 1.82) is 0 Å². The topological polar surface area (TPSA) is 66.5 Å². The van der Waals surface area contributed by atoms with E-state index < -0.39 is 0 Å². The second-order valence-electron chi connectivity index (χ2n) is 4.62. The first-order valence-electron chi connectivity index (χ1n) is 6.83. The van der Waals surface area contributed by atoms with Crippen LogP contribution in [0.25, 0.3) is 0 Å². The maximum atomic E-state index is 12.0. The minimum atomic E-state index is -0.134. The zero-order valence-corrected chi connectivity index (χ0v) is 12.5. The van der Waals surface area contributed by atoms with E-state index in [1.165, 1.54) is 0 Å². The van der Waals surface area contributed by atoms with Crippen molar-refractivity contribution in [3.8, 4) is 0 Å². The number of pyridine rings is 1. The zero-order chi connectivity index (χ0) is 14.8. The summed E-state index contributed by atoms with van der Waals surface area (Å²) < 4.78 is 5.42. The Kier molecular flexibility index (Phi) is 7.60. The highest BCUT2D eigenvalue weighted by Crippen LogP contribution is 2.12. The van der Waals surface area contributed by atoms with E-state index in [-0.39, 0.29) is 5.91 Å². The van der Waals surface area contributed by atoms with Crippen LogP contribution in [-0.2, 0) is 4.74 Å². The lowest BCUT2D eigenvalue weighted by Crippen LogP contribution is -2.29. The van der Waals surface area contributed by atoms with Crippen LogP contribution in [0.2, 0.25) is 0 Å². The average molecular weight is 280 g/mol. The largest absolute Gasteiger partial charge is 0.385 e. The fourth-order valence-electron chi connectivity index (χ4n) is 1.60. The van der Waals surface area contributed by atoms with Crippen LogP contribution in [0.15, 0.2) is 18.5 Å². The third-order valence-electron chi connectivity index (χ3n) is 2.65. The molecule has 0 saturated heterocycles. The quantitative estimate of drug-likeness (QED) is 0.656. The molecule has 1 aromatic rings. The summed E-state index contributed by atoms with van der Waals surface area (Å²) in [6.07, 6.45) is 3.24. The molecule has 1 rings (SSSR count). The number of carbonyl (C=O) groups excluding carboxylic acids is 1. The molecule has 0 aliphatic heterocycles. The second-order valence-corrected chi connectivity index (χ2v) is 4.62. The van der Waals surface area contributed by atoms with Crippen LogP contribution < -0.4 is 10.6 Å². The van der Waals surface area contributed by atoms with Crippen LogP contribution in [0.4, 0.5) is 5.69 Å². The van der Waals surface area contributed by atoms with Crippen LogP contribution in [0.5, 0.6) is 0 Å². The van der Waals surface area contributed by atoms with Crippen molar-refractivity contribution in [2.45, 2.75) is 6.92 Å². The Bertz CT molecular complexity index is 410. The summed E-state index contributed by atoms with van der Waals surface area (Å²) in [6.45, 7) is 5.29. The smallest absolute Gasteiger partial charge is 0.255 e. The molecule has 20 heavy (non-hydrogen) atoms. The van der Waals surface area contributed by atoms with Crippen molar-refractivity contribution < 1.29 is 9.53 Å². The molecule has 0 fully saturated rings. The van der Waals surface area contributed by atoms with E-state index in [9.17, 15) is 4.79 Å². The lowest BCUT2D eigenvalue weighted by Gasteiger charge is -2.12. The molecule has 0 radical (unpaired) electrons. The molecule has 0 aliphatic rings. The van der Waals surface area contributed by atoms with Gasteiger partial charge in [0.2, 0.25) is 0 Å². The number of nitrogens with one attached hydrogen (secondary N) is 2. The molecule has 6 heteroatoms. The number of aromatic nitrogens is 1. The molecule has 112 valence electrons. The Morgan fingerprint density at radius 2 is 2.20 bits per heavy atom. The van der Waals surface area contributed by atoms with Gasteiger partial charge < -0.3 is 20.3 Å². The van der Waals surface area contributed by atoms with Gasteiger partial charge in [0.05, 0.1) is 24.5 Å². The minimum absolute atomic E-state index is 0.134. The molecule has 1 aromatic heterocycles. The molecule has 0 aromatic carbocycles. The number of hydrogen-bond acceptors (Lipinski definition) is 5. The average Bonchev–Trinajstić information content (AvgIpc) is 2.43. The first kappa shape index (κ1) is 16.4. The molecule has 0 unspecified atom stereocenters. The predicted molar refractivity (Wildman–Crippen MR) is 80.1 cm³/mol. The van der Waals surface area contributed by atoms with E-state index in [2.05, 4.69) is 20.5 Å². The van der Waals surface area contributed by atoms with Gasteiger partial charge >= 0.3 is 0 Å². The van der Waals surface area contributed by atoms with E-state index in [0.29, 0.717) is 25.3 Å². The fourth-order valence-corrected chi connectivity index (χ4v) is 1.60. The van der Waals surface area contributed by atoms with Crippen LogP contribution in [-0.4, -0.2) is 62.7 Å². The normalized spacial score (nSPS) is 10.6. The predicted octanol–water partition coefficient (Wildman–Crippen LogP) is 0.821. The molecule has 1 heterocycles. The summed E-state index contributed by atoms with van der Waals surface area (Å²) >= 11 is 0. The monoisotopic (exact) mass is 280 g/mol. The molecule has 6 nitrogen and oxygen atoms in total. The zero-order valence-electron chi connectivity index (χ0n) is 12.5. The van der Waals surface area contributed by atoms with E-state index in [0.717, 1.165) is 18.8 Å². The van der Waals surface area contributed by atoms with Gasteiger partial charge in [-0.3, -0.25) is 9.78 Å². The molecular formula is C14H24N4O2. The third kappa shape index (κ3) is 5.99. The Balaban J connectivity index is 2.32. The summed E-state index contributed by atoms with van der Waals surface area (Å²) in [5.74, 6) is -0.134. The highest BCUT2D eigenvalue weighted by molar-refractivity contribution is 5.99. The summed E-state index contributed by atoms with van der Waals surface area (Å²) in [6, 6.07) is 1.80. The molecule has 0 spiro atoms. The number of likely N-dealkylation sites (N-methyl/N-ethyl adjacent to an activating group) is 1. The number of ether oxygens (including phenoxy) is 1. The van der Waals surface area contributed by atoms with Crippen molar-refractivity contribution in [2.75, 3.05) is 52.3 Å². The molecule has 0 atom stereocenters. The lowest BCUT2D eigenvalue weighted by atomic mass is 10.2. The van der Waals surface area contributed by atoms with Crippen LogP contribution >= 0.6 is 0 Å². The Hall–Kier alpha value is -1.66. The van der Waals surface area contributed by atoms with Gasteiger partial charge in [-0.05, 0) is 27.1 Å². The fraction of sp³-hybridized carbons (Fsp3) is 0.571. The Labute approximate surface area is 120 Å². The summed E-state index contributed by atoms with van der Waals surface area (Å²) in [5, 5.41) is 5.97. The first-order chi connectivity index (χ1) is 9.65. The highest BCUT2D eigenvalue weighted by Gasteiger charge is 2.10. The van der Waals surface area contributed by atoms with Gasteiger partial charge in [0.15, 0.2) is 0 Å². The van der Waals surface area contributed by atoms with E-state index >= 15 is 0 Å². The second kappa shape index (κ2) is 9.28. The van der Waals surface area contributed by atoms with Gasteiger partial charge in [-0.15, -0.1) is 0 Å².